The monoisotopic (exact) mass is 304 g/mol. The second kappa shape index (κ2) is 7.51. The topological polar surface area (TPSA) is 51.6 Å². The van der Waals surface area contributed by atoms with Crippen LogP contribution in [0.25, 0.3) is 0 Å². The van der Waals surface area contributed by atoms with Gasteiger partial charge in [0.1, 0.15) is 0 Å². The molecular weight excluding hydrogens is 276 g/mol. The van der Waals surface area contributed by atoms with Crippen molar-refractivity contribution in [2.24, 2.45) is 0 Å². The van der Waals surface area contributed by atoms with Crippen molar-refractivity contribution in [2.45, 2.75) is 38.0 Å². The first-order valence-electron chi connectivity index (χ1n) is 8.50. The predicted octanol–water partition coefficient (Wildman–Crippen LogP) is 0.873. The van der Waals surface area contributed by atoms with E-state index >= 15 is 0 Å². The van der Waals surface area contributed by atoms with Crippen molar-refractivity contribution in [3.05, 3.63) is 30.1 Å². The van der Waals surface area contributed by atoms with Crippen molar-refractivity contribution in [2.75, 3.05) is 39.3 Å². The lowest BCUT2D eigenvalue weighted by atomic mass is 10.0. The molecule has 2 saturated heterocycles. The van der Waals surface area contributed by atoms with E-state index in [4.69, 9.17) is 0 Å². The molecule has 0 amide bonds. The molecule has 3 rings (SSSR count). The Hall–Kier alpha value is -1.01. The molecule has 0 saturated carbocycles. The molecule has 0 aromatic carbocycles. The Kier molecular flexibility index (Phi) is 5.41. The van der Waals surface area contributed by atoms with Gasteiger partial charge in [-0.2, -0.15) is 0 Å². The zero-order valence-corrected chi connectivity index (χ0v) is 13.5. The van der Waals surface area contributed by atoms with Gasteiger partial charge >= 0.3 is 0 Å². The Morgan fingerprint density at radius 1 is 1.27 bits per heavy atom. The third-order valence-corrected chi connectivity index (χ3v) is 4.92. The molecule has 5 heteroatoms. The van der Waals surface area contributed by atoms with Gasteiger partial charge in [-0.25, -0.2) is 0 Å². The van der Waals surface area contributed by atoms with Crippen molar-refractivity contribution >= 4 is 0 Å². The summed E-state index contributed by atoms with van der Waals surface area (Å²) in [6.07, 6.45) is 5.50. The number of aliphatic hydroxyl groups excluding tert-OH is 1. The summed E-state index contributed by atoms with van der Waals surface area (Å²) in [5, 5.41) is 13.2. The largest absolute Gasteiger partial charge is 0.393 e. The van der Waals surface area contributed by atoms with Crippen LogP contribution in [0.3, 0.4) is 0 Å². The van der Waals surface area contributed by atoms with Crippen molar-refractivity contribution in [3.63, 3.8) is 0 Å². The molecule has 0 spiro atoms. The van der Waals surface area contributed by atoms with Crippen LogP contribution in [0.1, 0.15) is 31.4 Å². The molecule has 0 aliphatic carbocycles. The average molecular weight is 304 g/mol. The van der Waals surface area contributed by atoms with E-state index in [2.05, 4.69) is 39.2 Å². The highest BCUT2D eigenvalue weighted by Gasteiger charge is 2.28. The van der Waals surface area contributed by atoms with Crippen LogP contribution in [-0.4, -0.2) is 71.3 Å². The zero-order valence-electron chi connectivity index (χ0n) is 13.5. The summed E-state index contributed by atoms with van der Waals surface area (Å²) < 4.78 is 0. The lowest BCUT2D eigenvalue weighted by Crippen LogP contribution is -2.52. The molecule has 2 N–H and O–H groups in total. The number of piperidine rings is 1. The fourth-order valence-corrected chi connectivity index (χ4v) is 3.61. The quantitative estimate of drug-likeness (QED) is 0.865. The first-order valence-corrected chi connectivity index (χ1v) is 8.50. The lowest BCUT2D eigenvalue weighted by Gasteiger charge is -2.41. The normalized spacial score (nSPS) is 26.9. The number of nitrogens with one attached hydrogen (secondary N) is 1. The second-order valence-electron chi connectivity index (χ2n) is 6.68. The van der Waals surface area contributed by atoms with Crippen LogP contribution in [0, 0.1) is 0 Å². The summed E-state index contributed by atoms with van der Waals surface area (Å²) in [5.41, 5.74) is 1.36. The van der Waals surface area contributed by atoms with E-state index in [-0.39, 0.29) is 6.10 Å². The van der Waals surface area contributed by atoms with Gasteiger partial charge in [0.05, 0.1) is 6.10 Å². The van der Waals surface area contributed by atoms with E-state index in [1.807, 2.05) is 12.4 Å². The van der Waals surface area contributed by atoms with Crippen LogP contribution in [0.2, 0.25) is 0 Å². The standard InChI is InChI=1S/C17H28N4O/c1-14-12-21(11-8-19-14)17(15-2-6-18-7-3-15)13-20-9-4-16(22)5-10-20/h2-3,6-7,14,16-17,19,22H,4-5,8-13H2,1H3. The molecule has 2 atom stereocenters. The molecule has 5 nitrogen and oxygen atoms in total. The summed E-state index contributed by atoms with van der Waals surface area (Å²) in [6.45, 7) is 8.55. The summed E-state index contributed by atoms with van der Waals surface area (Å²) in [6, 6.07) is 5.26. The fraction of sp³-hybridized carbons (Fsp3) is 0.706. The maximum absolute atomic E-state index is 9.71. The molecule has 0 bridgehead atoms. The third-order valence-electron chi connectivity index (χ3n) is 4.92. The number of pyridine rings is 1. The molecule has 2 aliphatic heterocycles. The molecule has 3 heterocycles. The van der Waals surface area contributed by atoms with E-state index in [0.717, 1.165) is 52.1 Å². The Bertz CT molecular complexity index is 447. The first kappa shape index (κ1) is 15.9. The fourth-order valence-electron chi connectivity index (χ4n) is 3.61. The minimum absolute atomic E-state index is 0.102. The maximum Gasteiger partial charge on any atom is 0.0564 e. The summed E-state index contributed by atoms with van der Waals surface area (Å²) in [5.74, 6) is 0. The minimum Gasteiger partial charge on any atom is -0.393 e. The number of piperazine rings is 1. The van der Waals surface area contributed by atoms with Crippen LogP contribution in [-0.2, 0) is 0 Å². The highest BCUT2D eigenvalue weighted by molar-refractivity contribution is 5.16. The molecule has 22 heavy (non-hydrogen) atoms. The highest BCUT2D eigenvalue weighted by Crippen LogP contribution is 2.24. The first-order chi connectivity index (χ1) is 10.7. The molecule has 122 valence electrons. The molecule has 0 radical (unpaired) electrons. The highest BCUT2D eigenvalue weighted by atomic mass is 16.3. The SMILES string of the molecule is CC1CN(C(CN2CCC(O)CC2)c2ccncc2)CCN1. The van der Waals surface area contributed by atoms with Crippen LogP contribution in [0.4, 0.5) is 0 Å². The van der Waals surface area contributed by atoms with Gasteiger partial charge in [-0.15, -0.1) is 0 Å². The van der Waals surface area contributed by atoms with Gasteiger partial charge in [0.15, 0.2) is 0 Å². The van der Waals surface area contributed by atoms with Gasteiger partial charge in [0, 0.05) is 63.7 Å². The van der Waals surface area contributed by atoms with Gasteiger partial charge in [0.25, 0.3) is 0 Å². The van der Waals surface area contributed by atoms with E-state index in [1.165, 1.54) is 5.56 Å². The van der Waals surface area contributed by atoms with Crippen molar-refractivity contribution < 1.29 is 5.11 Å². The van der Waals surface area contributed by atoms with Gasteiger partial charge < -0.3 is 15.3 Å². The van der Waals surface area contributed by atoms with Crippen molar-refractivity contribution in [3.8, 4) is 0 Å². The Labute approximate surface area is 133 Å². The molecule has 2 unspecified atom stereocenters. The molecule has 2 aliphatic rings. The number of aliphatic hydroxyl groups is 1. The zero-order chi connectivity index (χ0) is 15.4. The Morgan fingerprint density at radius 3 is 2.68 bits per heavy atom. The average Bonchev–Trinajstić information content (AvgIpc) is 2.55. The number of likely N-dealkylation sites (tertiary alicyclic amines) is 1. The van der Waals surface area contributed by atoms with Crippen molar-refractivity contribution in [1.29, 1.82) is 0 Å². The third kappa shape index (κ3) is 4.04. The van der Waals surface area contributed by atoms with E-state index in [1.54, 1.807) is 0 Å². The summed E-state index contributed by atoms with van der Waals surface area (Å²) >= 11 is 0. The Morgan fingerprint density at radius 2 is 2.00 bits per heavy atom. The number of hydrogen-bond donors (Lipinski definition) is 2. The molecular formula is C17H28N4O. The molecule has 1 aromatic rings. The van der Waals surface area contributed by atoms with Crippen LogP contribution in [0.15, 0.2) is 24.5 Å². The summed E-state index contributed by atoms with van der Waals surface area (Å²) in [4.78, 5) is 9.27. The molecule has 1 aromatic heterocycles. The van der Waals surface area contributed by atoms with Crippen LogP contribution < -0.4 is 5.32 Å². The minimum atomic E-state index is -0.102. The number of aromatic nitrogens is 1. The van der Waals surface area contributed by atoms with E-state index in [9.17, 15) is 5.11 Å². The number of nitrogens with zero attached hydrogens (tertiary/aromatic N) is 3. The Balaban J connectivity index is 1.71. The van der Waals surface area contributed by atoms with Crippen LogP contribution >= 0.6 is 0 Å². The smallest absolute Gasteiger partial charge is 0.0564 e. The predicted molar refractivity (Wildman–Crippen MR) is 87.7 cm³/mol. The van der Waals surface area contributed by atoms with E-state index in [0.29, 0.717) is 12.1 Å². The van der Waals surface area contributed by atoms with Crippen LogP contribution in [0.5, 0.6) is 0 Å². The molecule has 2 fully saturated rings. The van der Waals surface area contributed by atoms with Crippen molar-refractivity contribution in [1.82, 2.24) is 20.1 Å². The van der Waals surface area contributed by atoms with Gasteiger partial charge in [0.2, 0.25) is 0 Å². The number of hydrogen-bond acceptors (Lipinski definition) is 5. The maximum atomic E-state index is 9.71. The van der Waals surface area contributed by atoms with Gasteiger partial charge in [-0.3, -0.25) is 9.88 Å². The lowest BCUT2D eigenvalue weighted by molar-refractivity contribution is 0.0553. The number of rotatable bonds is 4. The van der Waals surface area contributed by atoms with Gasteiger partial charge in [-0.1, -0.05) is 0 Å². The summed E-state index contributed by atoms with van der Waals surface area (Å²) in [7, 11) is 0. The second-order valence-corrected chi connectivity index (χ2v) is 6.68. The van der Waals surface area contributed by atoms with Gasteiger partial charge in [-0.05, 0) is 37.5 Å². The van der Waals surface area contributed by atoms with E-state index < -0.39 is 0 Å².